The van der Waals surface area contributed by atoms with E-state index in [1.165, 1.54) is 0 Å². The van der Waals surface area contributed by atoms with Gasteiger partial charge in [0.25, 0.3) is 0 Å². The van der Waals surface area contributed by atoms with Gasteiger partial charge in [0.15, 0.2) is 0 Å². The van der Waals surface area contributed by atoms with Crippen LogP contribution >= 0.6 is 11.6 Å². The molecule has 76 valence electrons. The van der Waals surface area contributed by atoms with Crippen molar-refractivity contribution in [3.05, 3.63) is 23.9 Å². The van der Waals surface area contributed by atoms with Crippen LogP contribution in [0.25, 0.3) is 0 Å². The second kappa shape index (κ2) is 5.44. The van der Waals surface area contributed by atoms with Gasteiger partial charge in [0.2, 0.25) is 5.88 Å². The van der Waals surface area contributed by atoms with E-state index in [4.69, 9.17) is 16.3 Å². The van der Waals surface area contributed by atoms with Gasteiger partial charge in [-0.05, 0) is 12.5 Å². The third kappa shape index (κ3) is 3.22. The maximum Gasteiger partial charge on any atom is 0.515 e. The highest BCUT2D eigenvalue weighted by Crippen LogP contribution is 2.09. The molecule has 1 heterocycles. The van der Waals surface area contributed by atoms with Gasteiger partial charge in [-0.25, -0.2) is 9.78 Å². The zero-order chi connectivity index (χ0) is 10.4. The first-order valence-electron chi connectivity index (χ1n) is 4.11. The number of nitrogens with zero attached hydrogens (tertiary/aromatic N) is 1. The monoisotopic (exact) mass is 215 g/mol. The quantitative estimate of drug-likeness (QED) is 0.574. The fourth-order valence-corrected chi connectivity index (χ4v) is 0.941. The molecule has 1 rings (SSSR count). The molecule has 0 saturated heterocycles. The van der Waals surface area contributed by atoms with E-state index < -0.39 is 6.16 Å². The van der Waals surface area contributed by atoms with Crippen LogP contribution in [-0.4, -0.2) is 17.7 Å². The molecule has 0 aliphatic rings. The Morgan fingerprint density at radius 1 is 1.57 bits per heavy atom. The first-order chi connectivity index (χ1) is 6.76. The van der Waals surface area contributed by atoms with Crippen LogP contribution < -0.4 is 4.74 Å². The maximum atomic E-state index is 10.9. The highest BCUT2D eigenvalue weighted by Gasteiger charge is 2.05. The zero-order valence-electron chi connectivity index (χ0n) is 7.70. The van der Waals surface area contributed by atoms with Crippen LogP contribution in [0.2, 0.25) is 0 Å². The van der Waals surface area contributed by atoms with E-state index in [-0.39, 0.29) is 12.5 Å². The number of hydrogen-bond donors (Lipinski definition) is 0. The van der Waals surface area contributed by atoms with Crippen molar-refractivity contribution >= 4 is 17.8 Å². The van der Waals surface area contributed by atoms with Crippen LogP contribution in [0.3, 0.4) is 0 Å². The van der Waals surface area contributed by atoms with Gasteiger partial charge in [-0.1, -0.05) is 6.07 Å². The topological polar surface area (TPSA) is 48.4 Å². The van der Waals surface area contributed by atoms with E-state index in [2.05, 4.69) is 9.72 Å². The predicted octanol–water partition coefficient (Wildman–Crippen LogP) is 2.36. The Bertz CT molecular complexity index is 299. The van der Waals surface area contributed by atoms with Crippen molar-refractivity contribution < 1.29 is 14.3 Å². The number of rotatable bonds is 3. The number of carbonyl (C=O) groups excluding carboxylic acids is 1. The standard InChI is InChI=1S/C9H10ClNO3/c1-2-13-9(12)14-8-4-3-7(5-10)6-11-8/h3-4,6H,2,5H2,1H3. The molecule has 0 bridgehead atoms. The minimum absolute atomic E-state index is 0.206. The van der Waals surface area contributed by atoms with Gasteiger partial charge >= 0.3 is 6.16 Å². The Hall–Kier alpha value is -1.29. The molecule has 1 aromatic heterocycles. The van der Waals surface area contributed by atoms with E-state index in [1.54, 1.807) is 25.3 Å². The van der Waals surface area contributed by atoms with Crippen LogP contribution in [0.1, 0.15) is 12.5 Å². The van der Waals surface area contributed by atoms with Crippen molar-refractivity contribution in [3.63, 3.8) is 0 Å². The highest BCUT2D eigenvalue weighted by atomic mass is 35.5. The summed E-state index contributed by atoms with van der Waals surface area (Å²) in [5, 5.41) is 0. The Labute approximate surface area is 86.8 Å². The molecule has 0 unspecified atom stereocenters. The average Bonchev–Trinajstić information content (AvgIpc) is 2.19. The SMILES string of the molecule is CCOC(=O)Oc1ccc(CCl)cn1. The Kier molecular flexibility index (Phi) is 4.19. The Morgan fingerprint density at radius 3 is 2.86 bits per heavy atom. The lowest BCUT2D eigenvalue weighted by Crippen LogP contribution is -2.10. The van der Waals surface area contributed by atoms with Crippen molar-refractivity contribution in [2.45, 2.75) is 12.8 Å². The van der Waals surface area contributed by atoms with Crippen molar-refractivity contribution in [2.24, 2.45) is 0 Å². The van der Waals surface area contributed by atoms with Gasteiger partial charge in [0.05, 0.1) is 6.61 Å². The third-order valence-electron chi connectivity index (χ3n) is 1.40. The minimum atomic E-state index is -0.751. The fraction of sp³-hybridized carbons (Fsp3) is 0.333. The lowest BCUT2D eigenvalue weighted by molar-refractivity contribution is 0.102. The van der Waals surface area contributed by atoms with Gasteiger partial charge in [-0.15, -0.1) is 11.6 Å². The molecule has 0 aliphatic heterocycles. The van der Waals surface area contributed by atoms with Crippen LogP contribution in [0.15, 0.2) is 18.3 Å². The van der Waals surface area contributed by atoms with Crippen LogP contribution in [0, 0.1) is 0 Å². The van der Waals surface area contributed by atoms with Crippen molar-refractivity contribution in [3.8, 4) is 5.88 Å². The van der Waals surface area contributed by atoms with Gasteiger partial charge in [-0.3, -0.25) is 0 Å². The normalized spacial score (nSPS) is 9.57. The van der Waals surface area contributed by atoms with E-state index in [9.17, 15) is 4.79 Å². The second-order valence-electron chi connectivity index (χ2n) is 2.42. The smallest absolute Gasteiger partial charge is 0.434 e. The van der Waals surface area contributed by atoms with Gasteiger partial charge in [-0.2, -0.15) is 0 Å². The summed E-state index contributed by atoms with van der Waals surface area (Å²) in [7, 11) is 0. The first kappa shape index (κ1) is 10.8. The number of aromatic nitrogens is 1. The lowest BCUT2D eigenvalue weighted by atomic mass is 10.3. The molecule has 0 atom stereocenters. The second-order valence-corrected chi connectivity index (χ2v) is 2.69. The van der Waals surface area contributed by atoms with E-state index in [0.29, 0.717) is 5.88 Å². The summed E-state index contributed by atoms with van der Waals surface area (Å²) in [6.45, 7) is 1.98. The molecule has 0 radical (unpaired) electrons. The Balaban J connectivity index is 2.55. The van der Waals surface area contributed by atoms with Crippen molar-refractivity contribution in [1.82, 2.24) is 4.98 Å². The number of carbonyl (C=O) groups is 1. The summed E-state index contributed by atoms with van der Waals surface area (Å²) in [5.74, 6) is 0.587. The molecule has 1 aromatic rings. The molecule has 0 N–H and O–H groups in total. The molecule has 0 fully saturated rings. The van der Waals surface area contributed by atoms with Crippen LogP contribution in [0.5, 0.6) is 5.88 Å². The summed E-state index contributed by atoms with van der Waals surface area (Å²) in [6, 6.07) is 3.29. The summed E-state index contributed by atoms with van der Waals surface area (Å²) in [6.07, 6.45) is 0.792. The van der Waals surface area contributed by atoms with E-state index >= 15 is 0 Å². The van der Waals surface area contributed by atoms with Gasteiger partial charge in [0, 0.05) is 18.1 Å². The van der Waals surface area contributed by atoms with E-state index in [1.807, 2.05) is 0 Å². The Morgan fingerprint density at radius 2 is 2.36 bits per heavy atom. The maximum absolute atomic E-state index is 10.9. The molecule has 5 heteroatoms. The first-order valence-corrected chi connectivity index (χ1v) is 4.65. The molecule has 0 amide bonds. The summed E-state index contributed by atoms with van der Waals surface area (Å²) in [5.41, 5.74) is 0.864. The highest BCUT2D eigenvalue weighted by molar-refractivity contribution is 6.17. The molecule has 0 aromatic carbocycles. The predicted molar refractivity (Wildman–Crippen MR) is 51.4 cm³/mol. The summed E-state index contributed by atoms with van der Waals surface area (Å²) >= 11 is 5.56. The minimum Gasteiger partial charge on any atom is -0.434 e. The molecule has 0 saturated carbocycles. The molecule has 4 nitrogen and oxygen atoms in total. The molecule has 0 spiro atoms. The fourth-order valence-electron chi connectivity index (χ4n) is 0.783. The number of hydrogen-bond acceptors (Lipinski definition) is 4. The summed E-state index contributed by atoms with van der Waals surface area (Å²) < 4.78 is 9.31. The third-order valence-corrected chi connectivity index (χ3v) is 1.71. The lowest BCUT2D eigenvalue weighted by Gasteiger charge is -2.02. The van der Waals surface area contributed by atoms with E-state index in [0.717, 1.165) is 5.56 Å². The van der Waals surface area contributed by atoms with Crippen LogP contribution in [0.4, 0.5) is 4.79 Å². The largest absolute Gasteiger partial charge is 0.515 e. The van der Waals surface area contributed by atoms with Crippen molar-refractivity contribution in [2.75, 3.05) is 6.61 Å². The summed E-state index contributed by atoms with van der Waals surface area (Å²) in [4.78, 5) is 14.7. The molecular weight excluding hydrogens is 206 g/mol. The molecular formula is C9H10ClNO3. The number of pyridine rings is 1. The van der Waals surface area contributed by atoms with Crippen LogP contribution in [-0.2, 0) is 10.6 Å². The average molecular weight is 216 g/mol. The number of halogens is 1. The zero-order valence-corrected chi connectivity index (χ0v) is 8.45. The molecule has 14 heavy (non-hydrogen) atoms. The molecule has 0 aliphatic carbocycles. The van der Waals surface area contributed by atoms with Crippen molar-refractivity contribution in [1.29, 1.82) is 0 Å². The number of ether oxygens (including phenoxy) is 2. The van der Waals surface area contributed by atoms with Gasteiger partial charge < -0.3 is 9.47 Å². The van der Waals surface area contributed by atoms with Gasteiger partial charge in [0.1, 0.15) is 0 Å². The number of alkyl halides is 1.